The Balaban J connectivity index is 2.65. The van der Waals surface area contributed by atoms with Gasteiger partial charge in [-0.05, 0) is 37.5 Å². The van der Waals surface area contributed by atoms with E-state index in [1.54, 1.807) is 0 Å². The Morgan fingerprint density at radius 2 is 1.83 bits per heavy atom. The normalized spacial score (nSPS) is 11.2. The van der Waals surface area contributed by atoms with E-state index in [2.05, 4.69) is 5.32 Å². The van der Waals surface area contributed by atoms with Crippen molar-refractivity contribution in [2.75, 3.05) is 18.5 Å². The standard InChI is InChI=1S/C14H16ClF3N2O3/c15-9-4-5-11(10(8-9)14(16,17)18)20-13(23)12(22)19-6-2-1-3-7-21/h4-5,8,21H,1-3,6-7H2,(H,19,22)(H,20,23). The first-order chi connectivity index (χ1) is 10.8. The fraction of sp³-hybridized carbons (Fsp3) is 0.429. The van der Waals surface area contributed by atoms with E-state index in [9.17, 15) is 22.8 Å². The largest absolute Gasteiger partial charge is 0.418 e. The van der Waals surface area contributed by atoms with Gasteiger partial charge in [-0.1, -0.05) is 11.6 Å². The monoisotopic (exact) mass is 352 g/mol. The van der Waals surface area contributed by atoms with Crippen LogP contribution < -0.4 is 10.6 Å². The fourth-order valence-corrected chi connectivity index (χ4v) is 1.91. The fourth-order valence-electron chi connectivity index (χ4n) is 1.73. The Labute approximate surface area is 135 Å². The number of rotatable bonds is 6. The molecule has 3 N–H and O–H groups in total. The summed E-state index contributed by atoms with van der Waals surface area (Å²) < 4.78 is 38.6. The Morgan fingerprint density at radius 3 is 2.43 bits per heavy atom. The summed E-state index contributed by atoms with van der Waals surface area (Å²) in [6, 6.07) is 2.83. The van der Waals surface area contributed by atoms with Crippen LogP contribution in [0.3, 0.4) is 0 Å². The van der Waals surface area contributed by atoms with Crippen LogP contribution in [0.25, 0.3) is 0 Å². The van der Waals surface area contributed by atoms with Gasteiger partial charge in [0.2, 0.25) is 0 Å². The summed E-state index contributed by atoms with van der Waals surface area (Å²) >= 11 is 5.52. The van der Waals surface area contributed by atoms with Gasteiger partial charge < -0.3 is 15.7 Å². The Bertz CT molecular complexity index is 565. The third-order valence-electron chi connectivity index (χ3n) is 2.86. The van der Waals surface area contributed by atoms with Crippen LogP contribution in [0.4, 0.5) is 18.9 Å². The van der Waals surface area contributed by atoms with Gasteiger partial charge in [0.15, 0.2) is 0 Å². The molecule has 1 aromatic carbocycles. The predicted octanol–water partition coefficient (Wildman–Crippen LogP) is 2.58. The molecule has 0 spiro atoms. The van der Waals surface area contributed by atoms with Crippen molar-refractivity contribution in [3.05, 3.63) is 28.8 Å². The molecule has 0 heterocycles. The Morgan fingerprint density at radius 1 is 1.13 bits per heavy atom. The van der Waals surface area contributed by atoms with E-state index >= 15 is 0 Å². The minimum Gasteiger partial charge on any atom is -0.396 e. The molecule has 0 aliphatic rings. The maximum Gasteiger partial charge on any atom is 0.418 e. The topological polar surface area (TPSA) is 78.4 Å². The molecule has 0 saturated carbocycles. The zero-order valence-electron chi connectivity index (χ0n) is 12.0. The van der Waals surface area contributed by atoms with E-state index in [4.69, 9.17) is 16.7 Å². The molecule has 0 aliphatic heterocycles. The maximum atomic E-state index is 12.9. The average molecular weight is 353 g/mol. The molecule has 0 fully saturated rings. The molecule has 128 valence electrons. The molecule has 1 aromatic rings. The van der Waals surface area contributed by atoms with Crippen LogP contribution in [0.5, 0.6) is 0 Å². The van der Waals surface area contributed by atoms with Crippen molar-refractivity contribution in [1.82, 2.24) is 5.32 Å². The molecule has 0 aliphatic carbocycles. The molecular formula is C14H16ClF3N2O3. The summed E-state index contributed by atoms with van der Waals surface area (Å²) in [5.41, 5.74) is -1.67. The van der Waals surface area contributed by atoms with Crippen molar-refractivity contribution in [2.45, 2.75) is 25.4 Å². The van der Waals surface area contributed by atoms with Crippen LogP contribution >= 0.6 is 11.6 Å². The van der Waals surface area contributed by atoms with Gasteiger partial charge in [-0.25, -0.2) is 0 Å². The van der Waals surface area contributed by atoms with Gasteiger partial charge in [-0.2, -0.15) is 13.2 Å². The van der Waals surface area contributed by atoms with Crippen molar-refractivity contribution in [3.8, 4) is 0 Å². The number of carbonyl (C=O) groups excluding carboxylic acids is 2. The van der Waals surface area contributed by atoms with Gasteiger partial charge in [-0.3, -0.25) is 9.59 Å². The average Bonchev–Trinajstić information content (AvgIpc) is 2.47. The maximum absolute atomic E-state index is 12.9. The van der Waals surface area contributed by atoms with E-state index in [0.29, 0.717) is 25.3 Å². The smallest absolute Gasteiger partial charge is 0.396 e. The highest BCUT2D eigenvalue weighted by Gasteiger charge is 2.34. The SMILES string of the molecule is O=C(NCCCCCO)C(=O)Nc1ccc(Cl)cc1C(F)(F)F. The lowest BCUT2D eigenvalue weighted by Gasteiger charge is -2.14. The van der Waals surface area contributed by atoms with Crippen LogP contribution in [-0.2, 0) is 15.8 Å². The van der Waals surface area contributed by atoms with Gasteiger partial charge >= 0.3 is 18.0 Å². The van der Waals surface area contributed by atoms with Crippen LogP contribution in [-0.4, -0.2) is 30.1 Å². The summed E-state index contributed by atoms with van der Waals surface area (Å²) in [4.78, 5) is 23.2. The third kappa shape index (κ3) is 6.45. The van der Waals surface area contributed by atoms with Gasteiger partial charge in [0, 0.05) is 18.2 Å². The van der Waals surface area contributed by atoms with Gasteiger partial charge in [0.1, 0.15) is 0 Å². The lowest BCUT2D eigenvalue weighted by molar-refractivity contribution is -0.138. The number of amides is 2. The summed E-state index contributed by atoms with van der Waals surface area (Å²) in [5, 5.41) is 12.7. The number of halogens is 4. The number of unbranched alkanes of at least 4 members (excludes halogenated alkanes) is 2. The summed E-state index contributed by atoms with van der Waals surface area (Å²) in [5.74, 6) is -2.22. The van der Waals surface area contributed by atoms with E-state index in [1.165, 1.54) is 6.07 Å². The predicted molar refractivity (Wildman–Crippen MR) is 79.0 cm³/mol. The van der Waals surface area contributed by atoms with Gasteiger partial charge in [-0.15, -0.1) is 0 Å². The molecular weight excluding hydrogens is 337 g/mol. The second-order valence-corrected chi connectivity index (χ2v) is 5.12. The van der Waals surface area contributed by atoms with E-state index in [-0.39, 0.29) is 18.2 Å². The molecule has 0 aromatic heterocycles. The van der Waals surface area contributed by atoms with Crippen LogP contribution in [0.1, 0.15) is 24.8 Å². The Hall–Kier alpha value is -1.80. The number of alkyl halides is 3. The quantitative estimate of drug-likeness (QED) is 0.544. The first-order valence-electron chi connectivity index (χ1n) is 6.82. The Kier molecular flexibility index (Phi) is 7.31. The first kappa shape index (κ1) is 19.2. The summed E-state index contributed by atoms with van der Waals surface area (Å²) in [6.07, 6.45) is -2.93. The van der Waals surface area contributed by atoms with Crippen LogP contribution in [0.2, 0.25) is 5.02 Å². The highest BCUT2D eigenvalue weighted by atomic mass is 35.5. The molecule has 0 radical (unpaired) electrons. The zero-order valence-corrected chi connectivity index (χ0v) is 12.8. The van der Waals surface area contributed by atoms with Crippen LogP contribution in [0.15, 0.2) is 18.2 Å². The number of aliphatic hydroxyl groups is 1. The van der Waals surface area contributed by atoms with Crippen LogP contribution in [0, 0.1) is 0 Å². The first-order valence-corrected chi connectivity index (χ1v) is 7.20. The molecule has 0 saturated heterocycles. The van der Waals surface area contributed by atoms with Crippen molar-refractivity contribution in [2.24, 2.45) is 0 Å². The lowest BCUT2D eigenvalue weighted by Crippen LogP contribution is -2.36. The summed E-state index contributed by atoms with van der Waals surface area (Å²) in [6.45, 7) is 0.226. The number of benzene rings is 1. The number of hydrogen-bond acceptors (Lipinski definition) is 3. The number of nitrogens with one attached hydrogen (secondary N) is 2. The van der Waals surface area contributed by atoms with Gasteiger partial charge in [0.25, 0.3) is 0 Å². The molecule has 0 bridgehead atoms. The molecule has 5 nitrogen and oxygen atoms in total. The van der Waals surface area contributed by atoms with Crippen molar-refractivity contribution in [3.63, 3.8) is 0 Å². The number of aliphatic hydroxyl groups excluding tert-OH is 1. The number of hydrogen-bond donors (Lipinski definition) is 3. The summed E-state index contributed by atoms with van der Waals surface area (Å²) in [7, 11) is 0. The van der Waals surface area contributed by atoms with Crippen molar-refractivity contribution in [1.29, 1.82) is 0 Å². The van der Waals surface area contributed by atoms with E-state index < -0.39 is 29.2 Å². The van der Waals surface area contributed by atoms with E-state index in [0.717, 1.165) is 6.07 Å². The molecule has 9 heteroatoms. The molecule has 23 heavy (non-hydrogen) atoms. The third-order valence-corrected chi connectivity index (χ3v) is 3.10. The molecule has 0 atom stereocenters. The highest BCUT2D eigenvalue weighted by Crippen LogP contribution is 2.36. The second-order valence-electron chi connectivity index (χ2n) is 4.68. The lowest BCUT2D eigenvalue weighted by atomic mass is 10.1. The van der Waals surface area contributed by atoms with Gasteiger partial charge in [0.05, 0.1) is 11.3 Å². The minimum atomic E-state index is -4.71. The van der Waals surface area contributed by atoms with Crippen molar-refractivity contribution >= 4 is 29.1 Å². The molecule has 1 rings (SSSR count). The highest BCUT2D eigenvalue weighted by molar-refractivity contribution is 6.39. The number of carbonyl (C=O) groups is 2. The zero-order chi connectivity index (χ0) is 17.5. The minimum absolute atomic E-state index is 0.0330. The second kappa shape index (κ2) is 8.73. The molecule has 0 unspecified atom stereocenters. The molecule has 2 amide bonds. The van der Waals surface area contributed by atoms with E-state index in [1.807, 2.05) is 5.32 Å². The van der Waals surface area contributed by atoms with Crippen molar-refractivity contribution < 1.29 is 27.9 Å². The number of anilines is 1.